The lowest BCUT2D eigenvalue weighted by Gasteiger charge is -2.21. The summed E-state index contributed by atoms with van der Waals surface area (Å²) in [6, 6.07) is 9.09. The number of aryl methyl sites for hydroxylation is 1. The smallest absolute Gasteiger partial charge is 0.0462 e. The predicted molar refractivity (Wildman–Crippen MR) is 74.6 cm³/mol. The standard InChI is InChI=1S/C15H26N2/c1-4-12(5-2)11-15(17-16)14-9-7-13(6-3)8-10-14/h7-10,12,15,17H,4-6,11,16H2,1-3H3. The molecule has 17 heavy (non-hydrogen) atoms. The molecule has 2 heteroatoms. The van der Waals surface area contributed by atoms with Gasteiger partial charge >= 0.3 is 0 Å². The zero-order valence-electron chi connectivity index (χ0n) is 11.4. The lowest BCUT2D eigenvalue weighted by Crippen LogP contribution is -2.29. The van der Waals surface area contributed by atoms with E-state index < -0.39 is 0 Å². The van der Waals surface area contributed by atoms with Gasteiger partial charge in [0.15, 0.2) is 0 Å². The van der Waals surface area contributed by atoms with E-state index >= 15 is 0 Å². The van der Waals surface area contributed by atoms with E-state index in [1.54, 1.807) is 0 Å². The summed E-state index contributed by atoms with van der Waals surface area (Å²) in [5.74, 6) is 6.43. The number of nitrogens with two attached hydrogens (primary N) is 1. The molecule has 0 fully saturated rings. The maximum atomic E-state index is 5.68. The first kappa shape index (κ1) is 14.2. The Hall–Kier alpha value is -0.860. The Bertz CT molecular complexity index is 301. The minimum absolute atomic E-state index is 0.283. The summed E-state index contributed by atoms with van der Waals surface area (Å²) in [5, 5.41) is 0. The van der Waals surface area contributed by atoms with Crippen LogP contribution in [-0.4, -0.2) is 0 Å². The third kappa shape index (κ3) is 4.14. The summed E-state index contributed by atoms with van der Waals surface area (Å²) in [6.07, 6.45) is 4.66. The summed E-state index contributed by atoms with van der Waals surface area (Å²) in [6.45, 7) is 6.68. The molecule has 0 saturated heterocycles. The van der Waals surface area contributed by atoms with Gasteiger partial charge < -0.3 is 0 Å². The Morgan fingerprint density at radius 3 is 2.06 bits per heavy atom. The van der Waals surface area contributed by atoms with E-state index in [2.05, 4.69) is 50.5 Å². The van der Waals surface area contributed by atoms with Crippen LogP contribution in [0.4, 0.5) is 0 Å². The molecule has 1 atom stereocenters. The molecule has 1 rings (SSSR count). The van der Waals surface area contributed by atoms with Crippen molar-refractivity contribution in [2.45, 2.75) is 52.5 Å². The molecule has 0 aromatic heterocycles. The van der Waals surface area contributed by atoms with Crippen molar-refractivity contribution in [2.75, 3.05) is 0 Å². The van der Waals surface area contributed by atoms with Crippen LogP contribution in [-0.2, 0) is 6.42 Å². The van der Waals surface area contributed by atoms with E-state index in [9.17, 15) is 0 Å². The van der Waals surface area contributed by atoms with Crippen molar-refractivity contribution in [3.63, 3.8) is 0 Å². The number of nitrogens with one attached hydrogen (secondary N) is 1. The quantitative estimate of drug-likeness (QED) is 0.559. The molecule has 0 aliphatic heterocycles. The minimum Gasteiger partial charge on any atom is -0.271 e. The highest BCUT2D eigenvalue weighted by Gasteiger charge is 2.14. The van der Waals surface area contributed by atoms with E-state index in [4.69, 9.17) is 5.84 Å². The highest BCUT2D eigenvalue weighted by atomic mass is 15.2. The van der Waals surface area contributed by atoms with E-state index in [0.717, 1.165) is 18.8 Å². The highest BCUT2D eigenvalue weighted by Crippen LogP contribution is 2.24. The molecule has 1 aromatic rings. The predicted octanol–water partition coefficient (Wildman–Crippen LogP) is 3.58. The Kier molecular flexibility index (Phi) is 6.23. The van der Waals surface area contributed by atoms with Crippen LogP contribution in [0.1, 0.15) is 57.2 Å². The number of hydrazine groups is 1. The van der Waals surface area contributed by atoms with E-state index in [1.807, 2.05) is 0 Å². The average Bonchev–Trinajstić information content (AvgIpc) is 2.40. The molecule has 96 valence electrons. The van der Waals surface area contributed by atoms with Crippen molar-refractivity contribution in [3.8, 4) is 0 Å². The number of hydrogen-bond acceptors (Lipinski definition) is 2. The Morgan fingerprint density at radius 2 is 1.65 bits per heavy atom. The van der Waals surface area contributed by atoms with Gasteiger partial charge in [0.05, 0.1) is 0 Å². The Balaban J connectivity index is 2.71. The normalized spacial score (nSPS) is 13.0. The fraction of sp³-hybridized carbons (Fsp3) is 0.600. The van der Waals surface area contributed by atoms with Gasteiger partial charge in [-0.05, 0) is 29.9 Å². The van der Waals surface area contributed by atoms with Crippen LogP contribution in [0.2, 0.25) is 0 Å². The van der Waals surface area contributed by atoms with Crippen molar-refractivity contribution < 1.29 is 0 Å². The van der Waals surface area contributed by atoms with Gasteiger partial charge in [-0.3, -0.25) is 11.3 Å². The molecule has 0 aliphatic carbocycles. The number of hydrogen-bond donors (Lipinski definition) is 2. The molecule has 0 heterocycles. The fourth-order valence-corrected chi connectivity index (χ4v) is 2.24. The minimum atomic E-state index is 0.283. The number of benzene rings is 1. The zero-order valence-corrected chi connectivity index (χ0v) is 11.4. The lowest BCUT2D eigenvalue weighted by atomic mass is 9.91. The van der Waals surface area contributed by atoms with Crippen molar-refractivity contribution in [2.24, 2.45) is 11.8 Å². The third-order valence-electron chi connectivity index (χ3n) is 3.72. The van der Waals surface area contributed by atoms with Crippen molar-refractivity contribution >= 4 is 0 Å². The van der Waals surface area contributed by atoms with Crippen molar-refractivity contribution in [1.82, 2.24) is 5.43 Å². The second-order valence-electron chi connectivity index (χ2n) is 4.73. The van der Waals surface area contributed by atoms with E-state index in [0.29, 0.717) is 0 Å². The monoisotopic (exact) mass is 234 g/mol. The van der Waals surface area contributed by atoms with Gasteiger partial charge in [-0.25, -0.2) is 0 Å². The molecule has 0 spiro atoms. The van der Waals surface area contributed by atoms with Gasteiger partial charge in [0.25, 0.3) is 0 Å². The molecule has 0 saturated carbocycles. The Labute approximate surface area is 106 Å². The molecule has 1 unspecified atom stereocenters. The topological polar surface area (TPSA) is 38.0 Å². The highest BCUT2D eigenvalue weighted by molar-refractivity contribution is 5.25. The van der Waals surface area contributed by atoms with Crippen LogP contribution < -0.4 is 11.3 Å². The SMILES string of the molecule is CCc1ccc(C(CC(CC)CC)NN)cc1. The molecule has 3 N–H and O–H groups in total. The van der Waals surface area contributed by atoms with E-state index in [1.165, 1.54) is 24.0 Å². The second kappa shape index (κ2) is 7.46. The number of rotatable bonds is 7. The molecule has 0 aliphatic rings. The molecule has 0 radical (unpaired) electrons. The van der Waals surface area contributed by atoms with Gasteiger partial charge in [-0.2, -0.15) is 0 Å². The van der Waals surface area contributed by atoms with Crippen LogP contribution in [0.3, 0.4) is 0 Å². The van der Waals surface area contributed by atoms with E-state index in [-0.39, 0.29) is 6.04 Å². The van der Waals surface area contributed by atoms with Gasteiger partial charge in [-0.1, -0.05) is 57.9 Å². The molecular weight excluding hydrogens is 208 g/mol. The molecule has 0 amide bonds. The first-order valence-electron chi connectivity index (χ1n) is 6.80. The third-order valence-corrected chi connectivity index (χ3v) is 3.72. The summed E-state index contributed by atoms with van der Waals surface area (Å²) < 4.78 is 0. The van der Waals surface area contributed by atoms with Crippen molar-refractivity contribution in [3.05, 3.63) is 35.4 Å². The lowest BCUT2D eigenvalue weighted by molar-refractivity contribution is 0.375. The summed E-state index contributed by atoms with van der Waals surface area (Å²) >= 11 is 0. The first-order valence-corrected chi connectivity index (χ1v) is 6.80. The molecular formula is C15H26N2. The summed E-state index contributed by atoms with van der Waals surface area (Å²) in [5.41, 5.74) is 5.64. The zero-order chi connectivity index (χ0) is 12.7. The van der Waals surface area contributed by atoms with Crippen LogP contribution in [0.5, 0.6) is 0 Å². The maximum Gasteiger partial charge on any atom is 0.0462 e. The second-order valence-corrected chi connectivity index (χ2v) is 4.73. The first-order chi connectivity index (χ1) is 8.24. The largest absolute Gasteiger partial charge is 0.271 e. The van der Waals surface area contributed by atoms with Crippen molar-refractivity contribution in [1.29, 1.82) is 0 Å². The van der Waals surface area contributed by atoms with Gasteiger partial charge in [-0.15, -0.1) is 0 Å². The van der Waals surface area contributed by atoms with Gasteiger partial charge in [0.1, 0.15) is 0 Å². The molecule has 2 nitrogen and oxygen atoms in total. The van der Waals surface area contributed by atoms with Crippen LogP contribution in [0.25, 0.3) is 0 Å². The maximum absolute atomic E-state index is 5.68. The van der Waals surface area contributed by atoms with Crippen LogP contribution in [0, 0.1) is 5.92 Å². The van der Waals surface area contributed by atoms with Gasteiger partial charge in [0, 0.05) is 6.04 Å². The molecule has 1 aromatic carbocycles. The van der Waals surface area contributed by atoms with Gasteiger partial charge in [0.2, 0.25) is 0 Å². The fourth-order valence-electron chi connectivity index (χ4n) is 2.24. The summed E-state index contributed by atoms with van der Waals surface area (Å²) in [4.78, 5) is 0. The van der Waals surface area contributed by atoms with Crippen LogP contribution in [0.15, 0.2) is 24.3 Å². The summed E-state index contributed by atoms with van der Waals surface area (Å²) in [7, 11) is 0. The average molecular weight is 234 g/mol. The Morgan fingerprint density at radius 1 is 1.06 bits per heavy atom. The van der Waals surface area contributed by atoms with Crippen LogP contribution >= 0.6 is 0 Å². The molecule has 0 bridgehead atoms.